The summed E-state index contributed by atoms with van der Waals surface area (Å²) in [7, 11) is 0. The Bertz CT molecular complexity index is 790. The van der Waals surface area contributed by atoms with Crippen molar-refractivity contribution in [2.24, 2.45) is 11.8 Å². The first-order valence-electron chi connectivity index (χ1n) is 8.56. The topological polar surface area (TPSA) is 88.3 Å². The molecule has 26 heavy (non-hydrogen) atoms. The molecular weight excluding hydrogens is 352 g/mol. The van der Waals surface area contributed by atoms with Crippen LogP contribution in [0.4, 0.5) is 0 Å². The highest BCUT2D eigenvalue weighted by molar-refractivity contribution is 7.99. The highest BCUT2D eigenvalue weighted by atomic mass is 32.2. The molecule has 0 radical (unpaired) electrons. The van der Waals surface area contributed by atoms with Crippen LogP contribution < -0.4 is 0 Å². The van der Waals surface area contributed by atoms with Crippen LogP contribution in [-0.4, -0.2) is 55.5 Å². The maximum Gasteiger partial charge on any atom is 0.306 e. The van der Waals surface area contributed by atoms with E-state index in [1.165, 1.54) is 17.3 Å². The van der Waals surface area contributed by atoms with Crippen LogP contribution in [0.1, 0.15) is 18.9 Å². The number of carboxylic acids is 1. The molecule has 1 aliphatic rings. The molecule has 1 N–H and O–H groups in total. The van der Waals surface area contributed by atoms with Crippen molar-refractivity contribution in [2.75, 3.05) is 18.8 Å². The number of carbonyl (C=O) groups is 2. The number of rotatable bonds is 5. The number of aryl methyl sites for hydroxylation is 1. The van der Waals surface area contributed by atoms with Crippen LogP contribution in [0.25, 0.3) is 5.69 Å². The van der Waals surface area contributed by atoms with Gasteiger partial charge in [0.05, 0.1) is 11.7 Å². The fourth-order valence-corrected chi connectivity index (χ4v) is 3.99. The van der Waals surface area contributed by atoms with Gasteiger partial charge in [-0.1, -0.05) is 36.4 Å². The number of hydrogen-bond acceptors (Lipinski definition) is 5. The maximum absolute atomic E-state index is 12.5. The Morgan fingerprint density at radius 3 is 2.69 bits per heavy atom. The van der Waals surface area contributed by atoms with Crippen LogP contribution in [-0.2, 0) is 9.59 Å². The summed E-state index contributed by atoms with van der Waals surface area (Å²) in [6, 6.07) is 8.01. The number of benzene rings is 1. The van der Waals surface area contributed by atoms with E-state index in [-0.39, 0.29) is 23.5 Å². The summed E-state index contributed by atoms with van der Waals surface area (Å²) in [6.45, 7) is 4.89. The smallest absolute Gasteiger partial charge is 0.306 e. The van der Waals surface area contributed by atoms with E-state index in [9.17, 15) is 14.7 Å². The Morgan fingerprint density at radius 2 is 2.04 bits per heavy atom. The Balaban J connectivity index is 1.60. The van der Waals surface area contributed by atoms with Crippen molar-refractivity contribution in [3.63, 3.8) is 0 Å². The molecule has 0 bridgehead atoms. The predicted octanol–water partition coefficient (Wildman–Crippen LogP) is 2.24. The van der Waals surface area contributed by atoms with Gasteiger partial charge in [-0.05, 0) is 31.4 Å². The van der Waals surface area contributed by atoms with Gasteiger partial charge in [0.25, 0.3) is 0 Å². The number of likely N-dealkylation sites (tertiary alicyclic amines) is 1. The number of thioether (sulfide) groups is 1. The molecule has 8 heteroatoms. The molecule has 2 aromatic rings. The molecule has 2 atom stereocenters. The van der Waals surface area contributed by atoms with Crippen LogP contribution >= 0.6 is 11.8 Å². The molecule has 1 amide bonds. The van der Waals surface area contributed by atoms with Gasteiger partial charge in [-0.3, -0.25) is 14.2 Å². The van der Waals surface area contributed by atoms with Crippen LogP contribution in [0.3, 0.4) is 0 Å². The van der Waals surface area contributed by atoms with Crippen LogP contribution in [0.5, 0.6) is 0 Å². The minimum absolute atomic E-state index is 0.00384. The number of nitrogens with zero attached hydrogens (tertiary/aromatic N) is 4. The molecule has 1 saturated heterocycles. The van der Waals surface area contributed by atoms with E-state index in [0.717, 1.165) is 5.69 Å². The van der Waals surface area contributed by atoms with Gasteiger partial charge in [0.2, 0.25) is 5.91 Å². The van der Waals surface area contributed by atoms with E-state index in [1.807, 2.05) is 42.7 Å². The van der Waals surface area contributed by atoms with Crippen molar-refractivity contribution >= 4 is 23.6 Å². The van der Waals surface area contributed by atoms with Crippen molar-refractivity contribution < 1.29 is 14.7 Å². The summed E-state index contributed by atoms with van der Waals surface area (Å²) < 4.78 is 1.86. The summed E-state index contributed by atoms with van der Waals surface area (Å²) in [5.74, 6) is -0.910. The minimum Gasteiger partial charge on any atom is -0.481 e. The average Bonchev–Trinajstić information content (AvgIpc) is 3.08. The van der Waals surface area contributed by atoms with Crippen LogP contribution in [0.2, 0.25) is 0 Å². The largest absolute Gasteiger partial charge is 0.481 e. The maximum atomic E-state index is 12.5. The van der Waals surface area contributed by atoms with Gasteiger partial charge < -0.3 is 10.0 Å². The molecule has 1 fully saturated rings. The van der Waals surface area contributed by atoms with Crippen molar-refractivity contribution in [3.05, 3.63) is 36.2 Å². The molecule has 0 spiro atoms. The molecule has 7 nitrogen and oxygen atoms in total. The quantitative estimate of drug-likeness (QED) is 0.808. The lowest BCUT2D eigenvalue weighted by Crippen LogP contribution is -2.45. The molecule has 2 unspecified atom stereocenters. The molecule has 3 rings (SSSR count). The summed E-state index contributed by atoms with van der Waals surface area (Å²) in [6.07, 6.45) is 2.14. The third-order valence-electron chi connectivity index (χ3n) is 4.73. The fourth-order valence-electron chi connectivity index (χ4n) is 3.16. The number of carbonyl (C=O) groups excluding carboxylic acids is 1. The van der Waals surface area contributed by atoms with Gasteiger partial charge in [0, 0.05) is 18.8 Å². The highest BCUT2D eigenvalue weighted by Crippen LogP contribution is 2.25. The van der Waals surface area contributed by atoms with E-state index in [2.05, 4.69) is 10.2 Å². The van der Waals surface area contributed by atoms with Gasteiger partial charge in [0.15, 0.2) is 5.16 Å². The Hall–Kier alpha value is -2.35. The van der Waals surface area contributed by atoms with Gasteiger partial charge in [-0.15, -0.1) is 10.2 Å². The third-order valence-corrected chi connectivity index (χ3v) is 5.66. The van der Waals surface area contributed by atoms with Gasteiger partial charge in [0.1, 0.15) is 6.33 Å². The van der Waals surface area contributed by atoms with Gasteiger partial charge in [-0.25, -0.2) is 0 Å². The first kappa shape index (κ1) is 18.4. The second-order valence-corrected chi connectivity index (χ2v) is 7.60. The molecular formula is C18H22N4O3S. The number of amides is 1. The summed E-state index contributed by atoms with van der Waals surface area (Å²) in [5.41, 5.74) is 2.12. The normalized spacial score (nSPS) is 20.2. The molecule has 1 aromatic heterocycles. The van der Waals surface area contributed by atoms with E-state index < -0.39 is 5.97 Å². The summed E-state index contributed by atoms with van der Waals surface area (Å²) in [5, 5.41) is 17.9. The molecule has 0 aliphatic carbocycles. The van der Waals surface area contributed by atoms with Gasteiger partial charge in [-0.2, -0.15) is 0 Å². The van der Waals surface area contributed by atoms with Gasteiger partial charge >= 0.3 is 5.97 Å². The second kappa shape index (κ2) is 7.90. The zero-order valence-corrected chi connectivity index (χ0v) is 15.6. The fraction of sp³-hybridized carbons (Fsp3) is 0.444. The third kappa shape index (κ3) is 4.07. The Labute approximate surface area is 156 Å². The molecule has 138 valence electrons. The summed E-state index contributed by atoms with van der Waals surface area (Å²) >= 11 is 1.34. The zero-order valence-electron chi connectivity index (χ0n) is 14.8. The monoisotopic (exact) mass is 374 g/mol. The summed E-state index contributed by atoms with van der Waals surface area (Å²) in [4.78, 5) is 25.5. The van der Waals surface area contributed by atoms with Crippen molar-refractivity contribution in [1.29, 1.82) is 0 Å². The molecule has 2 heterocycles. The molecule has 1 aliphatic heterocycles. The number of carboxylic acid groups (broad SMARTS) is 1. The van der Waals surface area contributed by atoms with Crippen molar-refractivity contribution in [3.8, 4) is 5.69 Å². The standard InChI is InChI=1S/C18H22N4O3S/c1-12-3-5-14(6-4-12)22-11-19-20-18(22)26-10-16(23)21-8-7-15(17(24)25)13(2)9-21/h3-6,11,13,15H,7-10H2,1-2H3,(H,24,25). The van der Waals surface area contributed by atoms with E-state index in [0.29, 0.717) is 24.7 Å². The lowest BCUT2D eigenvalue weighted by Gasteiger charge is -2.34. The predicted molar refractivity (Wildman–Crippen MR) is 98.3 cm³/mol. The van der Waals surface area contributed by atoms with Crippen LogP contribution in [0, 0.1) is 18.8 Å². The lowest BCUT2D eigenvalue weighted by atomic mass is 9.87. The number of aromatic nitrogens is 3. The van der Waals surface area contributed by atoms with Crippen molar-refractivity contribution in [2.45, 2.75) is 25.4 Å². The Kier molecular flexibility index (Phi) is 5.61. The Morgan fingerprint density at radius 1 is 1.31 bits per heavy atom. The second-order valence-electron chi connectivity index (χ2n) is 6.66. The van der Waals surface area contributed by atoms with E-state index in [4.69, 9.17) is 0 Å². The van der Waals surface area contributed by atoms with E-state index in [1.54, 1.807) is 11.2 Å². The molecule has 1 aromatic carbocycles. The lowest BCUT2D eigenvalue weighted by molar-refractivity contribution is -0.147. The van der Waals surface area contributed by atoms with Crippen LogP contribution in [0.15, 0.2) is 35.7 Å². The highest BCUT2D eigenvalue weighted by Gasteiger charge is 2.32. The first-order chi connectivity index (χ1) is 12.5. The SMILES string of the molecule is Cc1ccc(-n2cnnc2SCC(=O)N2CCC(C(=O)O)C(C)C2)cc1. The average molecular weight is 374 g/mol. The number of aliphatic carboxylic acids is 1. The number of piperidine rings is 1. The molecule has 0 saturated carbocycles. The van der Waals surface area contributed by atoms with Crippen molar-refractivity contribution in [1.82, 2.24) is 19.7 Å². The minimum atomic E-state index is -0.773. The van der Waals surface area contributed by atoms with E-state index >= 15 is 0 Å². The first-order valence-corrected chi connectivity index (χ1v) is 9.54. The number of hydrogen-bond donors (Lipinski definition) is 1. The zero-order chi connectivity index (χ0) is 18.7.